The molecule has 0 N–H and O–H groups in total. The largest absolute Gasteiger partial charge is 0.490 e. The van der Waals surface area contributed by atoms with Crippen LogP contribution in [0.2, 0.25) is 0 Å². The SMILES string of the molecule is CC1CC2N(C)C(=O)CC[C@]2(C)[C@@H]2CC[C@]3(C)C(Oc4ccc(C#N)cc4)CC[C@H]3[C@H]12. The Morgan fingerprint density at radius 3 is 2.48 bits per heavy atom. The number of piperidine rings is 1. The first-order chi connectivity index (χ1) is 14.8. The molecule has 0 spiro atoms. The fourth-order valence-corrected chi connectivity index (χ4v) is 8.38. The first-order valence-electron chi connectivity index (χ1n) is 12.2. The molecule has 3 aliphatic carbocycles. The van der Waals surface area contributed by atoms with Crippen LogP contribution in [0.5, 0.6) is 5.75 Å². The smallest absolute Gasteiger partial charge is 0.222 e. The molecule has 3 unspecified atom stereocenters. The number of likely N-dealkylation sites (tertiary alicyclic amines) is 1. The number of carbonyl (C=O) groups is 1. The summed E-state index contributed by atoms with van der Waals surface area (Å²) in [5.41, 5.74) is 1.15. The number of hydrogen-bond acceptors (Lipinski definition) is 3. The van der Waals surface area contributed by atoms with Gasteiger partial charge >= 0.3 is 0 Å². The quantitative estimate of drug-likeness (QED) is 0.642. The van der Waals surface area contributed by atoms with Gasteiger partial charge in [-0.3, -0.25) is 4.79 Å². The van der Waals surface area contributed by atoms with E-state index in [-0.39, 0.29) is 16.9 Å². The number of benzene rings is 1. The van der Waals surface area contributed by atoms with Crippen LogP contribution < -0.4 is 4.74 Å². The van der Waals surface area contributed by atoms with E-state index in [1.54, 1.807) is 0 Å². The van der Waals surface area contributed by atoms with Crippen LogP contribution in [-0.4, -0.2) is 30.0 Å². The summed E-state index contributed by atoms with van der Waals surface area (Å²) < 4.78 is 6.56. The molecule has 1 amide bonds. The van der Waals surface area contributed by atoms with Gasteiger partial charge in [-0.2, -0.15) is 5.26 Å². The number of ether oxygens (including phenoxy) is 1. The molecule has 166 valence electrons. The van der Waals surface area contributed by atoms with Gasteiger partial charge in [0.15, 0.2) is 0 Å². The van der Waals surface area contributed by atoms with E-state index in [1.807, 2.05) is 31.3 Å². The number of rotatable bonds is 2. The van der Waals surface area contributed by atoms with Crippen molar-refractivity contribution < 1.29 is 9.53 Å². The highest BCUT2D eigenvalue weighted by Gasteiger charge is 2.63. The van der Waals surface area contributed by atoms with E-state index < -0.39 is 0 Å². The Bertz CT molecular complexity index is 905. The third-order valence-electron chi connectivity index (χ3n) is 10.1. The number of fused-ring (bicyclic) bond motifs is 5. The molecule has 0 bridgehead atoms. The van der Waals surface area contributed by atoms with Gasteiger partial charge in [-0.15, -0.1) is 0 Å². The first-order valence-corrected chi connectivity index (χ1v) is 12.2. The average Bonchev–Trinajstić information content (AvgIpc) is 3.09. The van der Waals surface area contributed by atoms with Crippen molar-refractivity contribution >= 4 is 5.91 Å². The third-order valence-corrected chi connectivity index (χ3v) is 10.1. The van der Waals surface area contributed by atoms with E-state index in [0.717, 1.165) is 30.9 Å². The highest BCUT2D eigenvalue weighted by Crippen LogP contribution is 2.66. The van der Waals surface area contributed by atoms with Gasteiger partial charge in [-0.05, 0) is 91.9 Å². The molecular formula is C27H36N2O2. The second-order valence-electron chi connectivity index (χ2n) is 11.4. The number of amides is 1. The summed E-state index contributed by atoms with van der Waals surface area (Å²) >= 11 is 0. The van der Waals surface area contributed by atoms with Crippen LogP contribution in [0.1, 0.15) is 71.3 Å². The van der Waals surface area contributed by atoms with Gasteiger partial charge in [-0.1, -0.05) is 20.8 Å². The Labute approximate surface area is 186 Å². The molecule has 31 heavy (non-hydrogen) atoms. The fraction of sp³-hybridized carbons (Fsp3) is 0.704. The normalized spacial score (nSPS) is 44.1. The lowest BCUT2D eigenvalue weighted by molar-refractivity contribution is -0.168. The van der Waals surface area contributed by atoms with Crippen LogP contribution in [0.3, 0.4) is 0 Å². The van der Waals surface area contributed by atoms with E-state index in [4.69, 9.17) is 10.00 Å². The molecule has 8 atom stereocenters. The van der Waals surface area contributed by atoms with Gasteiger partial charge < -0.3 is 9.64 Å². The molecule has 3 saturated carbocycles. The zero-order chi connectivity index (χ0) is 22.0. The highest BCUT2D eigenvalue weighted by molar-refractivity contribution is 5.77. The third kappa shape index (κ3) is 3.03. The lowest BCUT2D eigenvalue weighted by atomic mass is 9.45. The molecule has 1 aromatic carbocycles. The van der Waals surface area contributed by atoms with Crippen molar-refractivity contribution in [1.29, 1.82) is 5.26 Å². The summed E-state index contributed by atoms with van der Waals surface area (Å²) in [5.74, 6) is 4.02. The number of carbonyl (C=O) groups excluding carboxylic acids is 1. The standard InChI is InChI=1S/C27H36N2O2/c1-17-15-22-26(2,14-12-24(30)29(22)4)21-11-13-27(3)20(25(17)21)9-10-23(27)31-19-7-5-18(16-28)6-8-19/h5-8,17,20-23,25H,9-15H2,1-4H3/t17?,20-,21+,22?,23?,25-,26+,27-/m0/s1. The van der Waals surface area contributed by atoms with Crippen LogP contribution in [0.25, 0.3) is 0 Å². The monoisotopic (exact) mass is 420 g/mol. The minimum absolute atomic E-state index is 0.211. The van der Waals surface area contributed by atoms with Crippen molar-refractivity contribution in [1.82, 2.24) is 4.90 Å². The van der Waals surface area contributed by atoms with Crippen LogP contribution >= 0.6 is 0 Å². The van der Waals surface area contributed by atoms with Gasteiger partial charge in [0.25, 0.3) is 0 Å². The van der Waals surface area contributed by atoms with Crippen LogP contribution in [0.4, 0.5) is 0 Å². The van der Waals surface area contributed by atoms with Crippen LogP contribution in [0, 0.1) is 45.8 Å². The lowest BCUT2D eigenvalue weighted by Crippen LogP contribution is -2.63. The van der Waals surface area contributed by atoms with Crippen molar-refractivity contribution in [2.24, 2.45) is 34.5 Å². The van der Waals surface area contributed by atoms with E-state index in [9.17, 15) is 4.79 Å². The maximum atomic E-state index is 12.4. The molecule has 0 aromatic heterocycles. The summed E-state index contributed by atoms with van der Waals surface area (Å²) in [6.45, 7) is 7.42. The first kappa shape index (κ1) is 20.9. The summed E-state index contributed by atoms with van der Waals surface area (Å²) in [6, 6.07) is 10.2. The minimum atomic E-state index is 0.211. The van der Waals surface area contributed by atoms with Gasteiger partial charge in [0, 0.05) is 24.9 Å². The molecule has 4 fully saturated rings. The summed E-state index contributed by atoms with van der Waals surface area (Å²) in [6.07, 6.45) is 8.01. The van der Waals surface area contributed by atoms with Crippen molar-refractivity contribution in [3.63, 3.8) is 0 Å². The van der Waals surface area contributed by atoms with Gasteiger partial charge in [0.1, 0.15) is 11.9 Å². The van der Waals surface area contributed by atoms with E-state index in [0.29, 0.717) is 41.7 Å². The zero-order valence-electron chi connectivity index (χ0n) is 19.4. The predicted molar refractivity (Wildman–Crippen MR) is 120 cm³/mol. The molecule has 1 aromatic rings. The van der Waals surface area contributed by atoms with Crippen LogP contribution in [-0.2, 0) is 4.79 Å². The number of nitrogens with zero attached hydrogens (tertiary/aromatic N) is 2. The Morgan fingerprint density at radius 2 is 1.77 bits per heavy atom. The highest BCUT2D eigenvalue weighted by atomic mass is 16.5. The Balaban J connectivity index is 1.40. The predicted octanol–water partition coefficient (Wildman–Crippen LogP) is 5.42. The van der Waals surface area contributed by atoms with Crippen molar-refractivity contribution in [2.75, 3.05) is 7.05 Å². The number of hydrogen-bond donors (Lipinski definition) is 0. The van der Waals surface area contributed by atoms with Gasteiger partial charge in [0.2, 0.25) is 5.91 Å². The van der Waals surface area contributed by atoms with Crippen LogP contribution in [0.15, 0.2) is 24.3 Å². The number of nitriles is 1. The molecule has 5 rings (SSSR count). The maximum absolute atomic E-state index is 12.4. The summed E-state index contributed by atoms with van der Waals surface area (Å²) in [5, 5.41) is 9.06. The molecule has 0 radical (unpaired) electrons. The molecule has 1 saturated heterocycles. The topological polar surface area (TPSA) is 53.3 Å². The van der Waals surface area contributed by atoms with E-state index in [1.165, 1.54) is 19.3 Å². The Morgan fingerprint density at radius 1 is 1.06 bits per heavy atom. The average molecular weight is 421 g/mol. The summed E-state index contributed by atoms with van der Waals surface area (Å²) in [7, 11) is 2.04. The van der Waals surface area contributed by atoms with Crippen molar-refractivity contribution in [3.8, 4) is 11.8 Å². The molecule has 4 aliphatic rings. The second-order valence-corrected chi connectivity index (χ2v) is 11.4. The minimum Gasteiger partial charge on any atom is -0.490 e. The fourth-order valence-electron chi connectivity index (χ4n) is 8.38. The van der Waals surface area contributed by atoms with Gasteiger partial charge in [0.05, 0.1) is 11.6 Å². The molecule has 1 heterocycles. The van der Waals surface area contributed by atoms with Crippen molar-refractivity contribution in [3.05, 3.63) is 29.8 Å². The molecular weight excluding hydrogens is 384 g/mol. The molecule has 4 nitrogen and oxygen atoms in total. The zero-order valence-corrected chi connectivity index (χ0v) is 19.4. The summed E-state index contributed by atoms with van der Waals surface area (Å²) in [4.78, 5) is 14.5. The van der Waals surface area contributed by atoms with E-state index >= 15 is 0 Å². The Kier molecular flexibility index (Phi) is 4.88. The maximum Gasteiger partial charge on any atom is 0.222 e. The molecule has 4 heteroatoms. The van der Waals surface area contributed by atoms with Gasteiger partial charge in [-0.25, -0.2) is 0 Å². The lowest BCUT2D eigenvalue weighted by Gasteiger charge is -2.63. The second kappa shape index (κ2) is 7.26. The Hall–Kier alpha value is -2.02. The van der Waals surface area contributed by atoms with E-state index in [2.05, 4.69) is 31.7 Å². The van der Waals surface area contributed by atoms with Crippen molar-refractivity contribution in [2.45, 2.75) is 77.9 Å². The molecule has 1 aliphatic heterocycles.